The molecule has 1 atom stereocenters. The first-order chi connectivity index (χ1) is 18.1. The average Bonchev–Trinajstić information content (AvgIpc) is 2.86. The fraction of sp³-hybridized carbons (Fsp3) is 0.353. The van der Waals surface area contributed by atoms with Crippen LogP contribution in [0, 0.1) is 31.6 Å². The molecule has 3 aromatic carbocycles. The molecule has 5 heteroatoms. The molecule has 0 saturated heterocycles. The third kappa shape index (κ3) is 7.41. The van der Waals surface area contributed by atoms with Crippen molar-refractivity contribution in [3.63, 3.8) is 0 Å². The summed E-state index contributed by atoms with van der Waals surface area (Å²) in [5.41, 5.74) is 5.50. The number of carbonyl (C=O) groups is 1. The Bertz CT molecular complexity index is 1480. The van der Waals surface area contributed by atoms with Gasteiger partial charge >= 0.3 is 0 Å². The molecule has 3 nitrogen and oxygen atoms in total. The Morgan fingerprint density at radius 1 is 1.05 bits per heavy atom. The summed E-state index contributed by atoms with van der Waals surface area (Å²) >= 11 is 0. The number of hydrogen-bond acceptors (Lipinski definition) is 3. The first-order valence-corrected chi connectivity index (χ1v) is 13.5. The van der Waals surface area contributed by atoms with Gasteiger partial charge in [0.1, 0.15) is 5.82 Å². The van der Waals surface area contributed by atoms with Crippen LogP contribution in [-0.4, -0.2) is 15.9 Å². The van der Waals surface area contributed by atoms with E-state index in [1.807, 2.05) is 12.3 Å². The van der Waals surface area contributed by atoms with Crippen LogP contribution in [0.1, 0.15) is 75.5 Å². The van der Waals surface area contributed by atoms with Crippen LogP contribution >= 0.6 is 0 Å². The normalized spacial score (nSPS) is 14.9. The molecular weight excluding hydrogens is 666 g/mol. The van der Waals surface area contributed by atoms with E-state index in [2.05, 4.69) is 51.1 Å². The van der Waals surface area contributed by atoms with Gasteiger partial charge in [0, 0.05) is 32.4 Å². The molecule has 1 aliphatic rings. The minimum absolute atomic E-state index is 0. The molecule has 4 aromatic rings. The number of hydrogen-bond donors (Lipinski definition) is 1. The molecule has 1 aromatic heterocycles. The summed E-state index contributed by atoms with van der Waals surface area (Å²) in [6.45, 7) is 9.36. The number of carbonyl (C=O) groups excluding carboxylic acids is 1. The zero-order valence-corrected chi connectivity index (χ0v) is 25.8. The molecule has 1 unspecified atom stereocenters. The van der Waals surface area contributed by atoms with Crippen LogP contribution in [0.2, 0.25) is 0 Å². The van der Waals surface area contributed by atoms with Gasteiger partial charge in [-0.05, 0) is 89.5 Å². The Kier molecular flexibility index (Phi) is 10.6. The van der Waals surface area contributed by atoms with Gasteiger partial charge in [0.2, 0.25) is 0 Å². The standard InChI is InChI=1S/C29H29FN.C5H8O2.Ir/c1-18-13-19(2)15-23(14-18)29-28-22(11-12-31-29)16-26(20(3)21-7-5-4-6-8-21)27-17-24(30)9-10-25(27)28;1-4(6)3-5(2)7;/h9-14,16-17,20-21H,4-8H2,1-3H3;3,6H,1-2H3;/q-1;;/b;4-3-;. The van der Waals surface area contributed by atoms with Crippen molar-refractivity contribution in [2.24, 2.45) is 5.92 Å². The molecule has 0 aliphatic heterocycles. The molecule has 0 amide bonds. The minimum Gasteiger partial charge on any atom is -0.512 e. The maximum absolute atomic E-state index is 14.4. The van der Waals surface area contributed by atoms with Gasteiger partial charge in [0.25, 0.3) is 0 Å². The topological polar surface area (TPSA) is 50.2 Å². The molecule has 1 saturated carbocycles. The molecule has 207 valence electrons. The summed E-state index contributed by atoms with van der Waals surface area (Å²) in [6.07, 6.45) is 9.58. The van der Waals surface area contributed by atoms with Gasteiger partial charge in [0.05, 0.1) is 5.76 Å². The Hall–Kier alpha value is -2.88. The second kappa shape index (κ2) is 13.5. The van der Waals surface area contributed by atoms with Crippen molar-refractivity contribution in [1.82, 2.24) is 4.98 Å². The van der Waals surface area contributed by atoms with Gasteiger partial charge in [0.15, 0.2) is 5.78 Å². The van der Waals surface area contributed by atoms with Crippen LogP contribution in [0.15, 0.2) is 60.5 Å². The van der Waals surface area contributed by atoms with Crippen molar-refractivity contribution < 1.29 is 34.4 Å². The molecule has 1 N–H and O–H groups in total. The largest absolute Gasteiger partial charge is 0.512 e. The van der Waals surface area contributed by atoms with Crippen LogP contribution in [0.5, 0.6) is 0 Å². The van der Waals surface area contributed by atoms with E-state index in [1.165, 1.54) is 68.5 Å². The predicted octanol–water partition coefficient (Wildman–Crippen LogP) is 9.33. The number of fused-ring (bicyclic) bond motifs is 3. The van der Waals surface area contributed by atoms with Crippen molar-refractivity contribution in [1.29, 1.82) is 0 Å². The minimum atomic E-state index is -0.174. The summed E-state index contributed by atoms with van der Waals surface area (Å²) in [5.74, 6) is 0.852. The van der Waals surface area contributed by atoms with Crippen molar-refractivity contribution in [3.05, 3.63) is 89.1 Å². The maximum Gasteiger partial charge on any atom is 0.155 e. The fourth-order valence-electron chi connectivity index (χ4n) is 5.88. The monoisotopic (exact) mass is 703 g/mol. The van der Waals surface area contributed by atoms with Crippen LogP contribution in [-0.2, 0) is 24.9 Å². The van der Waals surface area contributed by atoms with E-state index in [-0.39, 0.29) is 37.5 Å². The first-order valence-electron chi connectivity index (χ1n) is 13.5. The number of nitrogens with zero attached hydrogens (tertiary/aromatic N) is 1. The Labute approximate surface area is 244 Å². The number of rotatable bonds is 4. The number of halogens is 1. The van der Waals surface area contributed by atoms with Crippen molar-refractivity contribution in [2.75, 3.05) is 0 Å². The molecule has 39 heavy (non-hydrogen) atoms. The Balaban J connectivity index is 0.000000468. The number of ketones is 1. The van der Waals surface area contributed by atoms with E-state index in [1.54, 1.807) is 12.1 Å². The number of benzene rings is 3. The van der Waals surface area contributed by atoms with Crippen molar-refractivity contribution >= 4 is 27.3 Å². The van der Waals surface area contributed by atoms with Gasteiger partial charge in [-0.25, -0.2) is 4.39 Å². The quantitative estimate of drug-likeness (QED) is 0.0999. The number of aliphatic hydroxyl groups excluding tert-OH is 1. The first kappa shape index (κ1) is 30.7. The molecule has 1 fully saturated rings. The third-order valence-corrected chi connectivity index (χ3v) is 7.52. The van der Waals surface area contributed by atoms with Gasteiger partial charge < -0.3 is 10.1 Å². The fourth-order valence-corrected chi connectivity index (χ4v) is 5.88. The van der Waals surface area contributed by atoms with Gasteiger partial charge in [-0.2, -0.15) is 0 Å². The van der Waals surface area contributed by atoms with Crippen molar-refractivity contribution in [2.45, 2.75) is 72.6 Å². The number of aromatic nitrogens is 1. The molecule has 5 rings (SSSR count). The van der Waals surface area contributed by atoms with Crippen LogP contribution in [0.4, 0.5) is 4.39 Å². The van der Waals surface area contributed by atoms with Gasteiger partial charge in [-0.1, -0.05) is 52.2 Å². The Morgan fingerprint density at radius 3 is 2.38 bits per heavy atom. The zero-order chi connectivity index (χ0) is 27.4. The maximum atomic E-state index is 14.4. The summed E-state index contributed by atoms with van der Waals surface area (Å²) in [7, 11) is 0. The summed E-state index contributed by atoms with van der Waals surface area (Å²) < 4.78 is 14.4. The third-order valence-electron chi connectivity index (χ3n) is 7.52. The average molecular weight is 703 g/mol. The zero-order valence-electron chi connectivity index (χ0n) is 23.4. The molecule has 0 spiro atoms. The van der Waals surface area contributed by atoms with Crippen LogP contribution in [0.25, 0.3) is 32.8 Å². The van der Waals surface area contributed by atoms with E-state index in [4.69, 9.17) is 10.1 Å². The smallest absolute Gasteiger partial charge is 0.155 e. The number of aryl methyl sites for hydroxylation is 2. The van der Waals surface area contributed by atoms with Crippen LogP contribution in [0.3, 0.4) is 0 Å². The molecule has 1 radical (unpaired) electrons. The SMILES string of the molecule is CC(=O)/C=C(/C)O.Cc1[c-]c(-c2nccc3cc(C(C)C4CCCCC4)c4cc(F)ccc4c23)cc(C)c1.[Ir]. The van der Waals surface area contributed by atoms with E-state index < -0.39 is 0 Å². The molecule has 1 aliphatic carbocycles. The van der Waals surface area contributed by atoms with E-state index in [0.29, 0.717) is 11.8 Å². The second-order valence-electron chi connectivity index (χ2n) is 10.8. The molecule has 1 heterocycles. The predicted molar refractivity (Wildman–Crippen MR) is 155 cm³/mol. The number of aliphatic hydroxyl groups is 1. The van der Waals surface area contributed by atoms with Gasteiger partial charge in [-0.3, -0.25) is 4.79 Å². The molecule has 0 bridgehead atoms. The number of pyridine rings is 1. The summed E-state index contributed by atoms with van der Waals surface area (Å²) in [4.78, 5) is 14.8. The van der Waals surface area contributed by atoms with E-state index >= 15 is 0 Å². The summed E-state index contributed by atoms with van der Waals surface area (Å²) in [6, 6.07) is 17.4. The van der Waals surface area contributed by atoms with Gasteiger partial charge in [-0.15, -0.1) is 34.9 Å². The summed E-state index contributed by atoms with van der Waals surface area (Å²) in [5, 5.41) is 12.8. The van der Waals surface area contributed by atoms with Crippen molar-refractivity contribution in [3.8, 4) is 11.3 Å². The number of allylic oxidation sites excluding steroid dienone is 2. The Morgan fingerprint density at radius 2 is 1.77 bits per heavy atom. The van der Waals surface area contributed by atoms with E-state index in [0.717, 1.165) is 33.0 Å². The molecular formula is C34H37FIrNO2-. The van der Waals surface area contributed by atoms with E-state index in [9.17, 15) is 9.18 Å². The van der Waals surface area contributed by atoms with Crippen LogP contribution < -0.4 is 0 Å². The second-order valence-corrected chi connectivity index (χ2v) is 10.8.